The number of hydrogen-bond donors (Lipinski definition) is 0. The fourth-order valence-electron chi connectivity index (χ4n) is 2.02. The molecule has 2 heterocycles. The van der Waals surface area contributed by atoms with Crippen molar-refractivity contribution in [1.82, 2.24) is 4.98 Å². The Labute approximate surface area is 119 Å². The molecule has 6 nitrogen and oxygen atoms in total. The van der Waals surface area contributed by atoms with Gasteiger partial charge in [0.05, 0.1) is 11.5 Å². The van der Waals surface area contributed by atoms with Gasteiger partial charge < -0.3 is 9.64 Å². The van der Waals surface area contributed by atoms with Gasteiger partial charge in [-0.3, -0.25) is 10.1 Å². The highest BCUT2D eigenvalue weighted by atomic mass is 79.9. The zero-order valence-corrected chi connectivity index (χ0v) is 12.1. The molecule has 0 saturated heterocycles. The Morgan fingerprint density at radius 3 is 3.00 bits per heavy atom. The number of pyridine rings is 1. The molecule has 0 aliphatic carbocycles. The van der Waals surface area contributed by atoms with Gasteiger partial charge in [-0.1, -0.05) is 6.08 Å². The summed E-state index contributed by atoms with van der Waals surface area (Å²) in [7, 11) is 1.66. The maximum absolute atomic E-state index is 11.1. The molecule has 0 N–H and O–H groups in total. The monoisotopic (exact) mass is 327 g/mol. The Morgan fingerprint density at radius 2 is 2.42 bits per heavy atom. The minimum atomic E-state index is -0.401. The maximum atomic E-state index is 11.1. The summed E-state index contributed by atoms with van der Waals surface area (Å²) in [6.07, 6.45) is 4.46. The number of nitro groups is 1. The van der Waals surface area contributed by atoms with Gasteiger partial charge in [0, 0.05) is 36.9 Å². The third kappa shape index (κ3) is 3.30. The molecule has 0 unspecified atom stereocenters. The average molecular weight is 328 g/mol. The molecular weight excluding hydrogens is 314 g/mol. The summed E-state index contributed by atoms with van der Waals surface area (Å²) < 4.78 is 5.69. The van der Waals surface area contributed by atoms with E-state index >= 15 is 0 Å². The first-order valence-corrected chi connectivity index (χ1v) is 6.63. The van der Waals surface area contributed by atoms with Crippen LogP contribution in [0, 0.1) is 10.1 Å². The van der Waals surface area contributed by atoms with Crippen LogP contribution in [0.3, 0.4) is 0 Å². The van der Waals surface area contributed by atoms with Gasteiger partial charge in [-0.15, -0.1) is 0 Å². The van der Waals surface area contributed by atoms with E-state index in [2.05, 4.69) is 20.9 Å². The lowest BCUT2D eigenvalue weighted by atomic mass is 10.1. The molecule has 2 rings (SSSR count). The molecule has 1 aromatic heterocycles. The summed E-state index contributed by atoms with van der Waals surface area (Å²) in [4.78, 5) is 16.7. The second-order valence-electron chi connectivity index (χ2n) is 4.24. The predicted molar refractivity (Wildman–Crippen MR) is 75.4 cm³/mol. The van der Waals surface area contributed by atoms with Crippen molar-refractivity contribution >= 4 is 27.4 Å². The van der Waals surface area contributed by atoms with E-state index in [0.717, 1.165) is 6.42 Å². The molecule has 19 heavy (non-hydrogen) atoms. The standard InChI is InChI=1S/C12H14BrN3O3/c1-19-8-9-2-4-15(5-3-9)12-11(16(17)18)6-10(13)7-14-12/h2,6-7H,3-5,8H2,1H3. The largest absolute Gasteiger partial charge is 0.380 e. The van der Waals surface area contributed by atoms with Crippen LogP contribution in [0.2, 0.25) is 0 Å². The fraction of sp³-hybridized carbons (Fsp3) is 0.417. The second kappa shape index (κ2) is 6.12. The Kier molecular flexibility index (Phi) is 4.49. The Hall–Kier alpha value is -1.47. The summed E-state index contributed by atoms with van der Waals surface area (Å²) in [5, 5.41) is 11.1. The van der Waals surface area contributed by atoms with E-state index in [9.17, 15) is 10.1 Å². The summed E-state index contributed by atoms with van der Waals surface area (Å²) >= 11 is 3.20. The first-order valence-electron chi connectivity index (χ1n) is 5.83. The highest BCUT2D eigenvalue weighted by Gasteiger charge is 2.23. The lowest BCUT2D eigenvalue weighted by Gasteiger charge is -2.26. The average Bonchev–Trinajstić information content (AvgIpc) is 2.40. The van der Waals surface area contributed by atoms with Gasteiger partial charge in [0.2, 0.25) is 5.82 Å². The molecule has 1 aliphatic heterocycles. The third-order valence-electron chi connectivity index (χ3n) is 2.94. The van der Waals surface area contributed by atoms with Crippen LogP contribution in [0.1, 0.15) is 6.42 Å². The van der Waals surface area contributed by atoms with E-state index in [4.69, 9.17) is 4.74 Å². The molecule has 0 radical (unpaired) electrons. The van der Waals surface area contributed by atoms with Gasteiger partial charge in [0.15, 0.2) is 0 Å². The van der Waals surface area contributed by atoms with Gasteiger partial charge >= 0.3 is 5.69 Å². The third-order valence-corrected chi connectivity index (χ3v) is 3.38. The van der Waals surface area contributed by atoms with E-state index in [0.29, 0.717) is 30.0 Å². The fourth-order valence-corrected chi connectivity index (χ4v) is 2.34. The van der Waals surface area contributed by atoms with Crippen LogP contribution >= 0.6 is 15.9 Å². The lowest BCUT2D eigenvalue weighted by Crippen LogP contribution is -2.30. The molecule has 0 spiro atoms. The zero-order chi connectivity index (χ0) is 13.8. The highest BCUT2D eigenvalue weighted by Crippen LogP contribution is 2.30. The smallest absolute Gasteiger partial charge is 0.312 e. The van der Waals surface area contributed by atoms with Crippen molar-refractivity contribution in [3.8, 4) is 0 Å². The maximum Gasteiger partial charge on any atom is 0.312 e. The first-order chi connectivity index (χ1) is 9.11. The molecule has 102 valence electrons. The summed E-state index contributed by atoms with van der Waals surface area (Å²) in [6, 6.07) is 1.48. The van der Waals surface area contributed by atoms with Crippen molar-refractivity contribution in [1.29, 1.82) is 0 Å². The van der Waals surface area contributed by atoms with Crippen molar-refractivity contribution in [2.75, 3.05) is 31.7 Å². The normalized spacial score (nSPS) is 15.3. The van der Waals surface area contributed by atoms with E-state index in [1.54, 1.807) is 13.3 Å². The topological polar surface area (TPSA) is 68.5 Å². The van der Waals surface area contributed by atoms with Gasteiger partial charge in [-0.2, -0.15) is 0 Å². The van der Waals surface area contributed by atoms with E-state index in [1.165, 1.54) is 11.6 Å². The SMILES string of the molecule is COCC1=CCN(c2ncc(Br)cc2[N+](=O)[O-])CC1. The molecule has 0 saturated carbocycles. The lowest BCUT2D eigenvalue weighted by molar-refractivity contribution is -0.384. The van der Waals surface area contributed by atoms with Crippen LogP contribution in [-0.4, -0.2) is 36.7 Å². The molecule has 0 amide bonds. The van der Waals surface area contributed by atoms with Gasteiger partial charge in [-0.25, -0.2) is 4.98 Å². The number of nitrogens with zero attached hydrogens (tertiary/aromatic N) is 3. The zero-order valence-electron chi connectivity index (χ0n) is 10.5. The van der Waals surface area contributed by atoms with Crippen LogP contribution in [0.25, 0.3) is 0 Å². The van der Waals surface area contributed by atoms with Crippen LogP contribution in [0.5, 0.6) is 0 Å². The van der Waals surface area contributed by atoms with Crippen molar-refractivity contribution in [2.24, 2.45) is 0 Å². The summed E-state index contributed by atoms with van der Waals surface area (Å²) in [5.74, 6) is 0.418. The highest BCUT2D eigenvalue weighted by molar-refractivity contribution is 9.10. The number of ether oxygens (including phenoxy) is 1. The van der Waals surface area contributed by atoms with Crippen LogP contribution in [0.15, 0.2) is 28.4 Å². The number of aromatic nitrogens is 1. The van der Waals surface area contributed by atoms with Crippen molar-refractivity contribution < 1.29 is 9.66 Å². The number of methoxy groups -OCH3 is 1. The van der Waals surface area contributed by atoms with E-state index in [-0.39, 0.29) is 5.69 Å². The molecule has 1 aromatic rings. The summed E-state index contributed by atoms with van der Waals surface area (Å²) in [5.41, 5.74) is 1.25. The Balaban J connectivity index is 2.22. The van der Waals surface area contributed by atoms with E-state index in [1.807, 2.05) is 11.0 Å². The molecular formula is C12H14BrN3O3. The van der Waals surface area contributed by atoms with Crippen molar-refractivity contribution in [3.63, 3.8) is 0 Å². The van der Waals surface area contributed by atoms with Crippen LogP contribution < -0.4 is 4.90 Å². The quantitative estimate of drug-likeness (QED) is 0.483. The molecule has 0 atom stereocenters. The predicted octanol–water partition coefficient (Wildman–Crippen LogP) is 2.54. The molecule has 1 aliphatic rings. The number of hydrogen-bond acceptors (Lipinski definition) is 5. The van der Waals surface area contributed by atoms with Crippen LogP contribution in [0.4, 0.5) is 11.5 Å². The Morgan fingerprint density at radius 1 is 1.63 bits per heavy atom. The first kappa shape index (κ1) is 14.0. The van der Waals surface area contributed by atoms with Gasteiger partial charge in [0.1, 0.15) is 0 Å². The van der Waals surface area contributed by atoms with Crippen LogP contribution in [-0.2, 0) is 4.74 Å². The molecule has 0 bridgehead atoms. The number of anilines is 1. The minimum absolute atomic E-state index is 0.0259. The van der Waals surface area contributed by atoms with Crippen molar-refractivity contribution in [2.45, 2.75) is 6.42 Å². The second-order valence-corrected chi connectivity index (χ2v) is 5.16. The van der Waals surface area contributed by atoms with Gasteiger partial charge in [-0.05, 0) is 27.9 Å². The molecule has 7 heteroatoms. The number of halogens is 1. The molecule has 0 aromatic carbocycles. The van der Waals surface area contributed by atoms with Crippen molar-refractivity contribution in [3.05, 3.63) is 38.5 Å². The Bertz CT molecular complexity index is 519. The minimum Gasteiger partial charge on any atom is -0.380 e. The molecule has 0 fully saturated rings. The summed E-state index contributed by atoms with van der Waals surface area (Å²) in [6.45, 7) is 1.95. The van der Waals surface area contributed by atoms with Gasteiger partial charge in [0.25, 0.3) is 0 Å². The number of rotatable bonds is 4. The van der Waals surface area contributed by atoms with E-state index < -0.39 is 4.92 Å².